The molecule has 1 atom stereocenters. The summed E-state index contributed by atoms with van der Waals surface area (Å²) in [4.78, 5) is 16.1. The third-order valence-corrected chi connectivity index (χ3v) is 3.51. The fourth-order valence-electron chi connectivity index (χ4n) is 2.07. The van der Waals surface area contributed by atoms with Crippen molar-refractivity contribution in [3.05, 3.63) is 29.8 Å². The number of hydrogen-bond donors (Lipinski definition) is 3. The van der Waals surface area contributed by atoms with Crippen molar-refractivity contribution < 1.29 is 9.53 Å². The van der Waals surface area contributed by atoms with Crippen molar-refractivity contribution in [2.45, 2.75) is 40.7 Å². The van der Waals surface area contributed by atoms with Gasteiger partial charge < -0.3 is 20.7 Å². The molecule has 3 N–H and O–H groups in total. The molecular weight excluding hydrogens is 316 g/mol. The molecule has 1 amide bonds. The minimum absolute atomic E-state index is 0.00125. The molecule has 0 saturated carbocycles. The van der Waals surface area contributed by atoms with Gasteiger partial charge in [0.25, 0.3) is 0 Å². The van der Waals surface area contributed by atoms with Crippen LogP contribution in [0.15, 0.2) is 29.3 Å². The average Bonchev–Trinajstić information content (AvgIpc) is 2.58. The summed E-state index contributed by atoms with van der Waals surface area (Å²) >= 11 is 0. The van der Waals surface area contributed by atoms with Gasteiger partial charge >= 0.3 is 0 Å². The molecule has 0 radical (unpaired) electrons. The number of aliphatic imine (C=N–C) groups is 1. The lowest BCUT2D eigenvalue weighted by Gasteiger charge is -2.16. The third-order valence-electron chi connectivity index (χ3n) is 3.51. The van der Waals surface area contributed by atoms with E-state index in [4.69, 9.17) is 4.74 Å². The Kier molecular flexibility index (Phi) is 9.43. The summed E-state index contributed by atoms with van der Waals surface area (Å²) < 4.78 is 5.94. The van der Waals surface area contributed by atoms with E-state index in [0.29, 0.717) is 19.6 Å². The molecule has 25 heavy (non-hydrogen) atoms. The predicted molar refractivity (Wildman–Crippen MR) is 103 cm³/mol. The number of nitrogens with one attached hydrogen (secondary N) is 3. The predicted octanol–water partition coefficient (Wildman–Crippen LogP) is 2.09. The smallest absolute Gasteiger partial charge is 0.222 e. The second kappa shape index (κ2) is 11.3. The van der Waals surface area contributed by atoms with E-state index < -0.39 is 0 Å². The fraction of sp³-hybridized carbons (Fsp3) is 0.579. The van der Waals surface area contributed by atoms with Crippen LogP contribution in [0.4, 0.5) is 0 Å². The molecule has 140 valence electrons. The maximum Gasteiger partial charge on any atom is 0.222 e. The van der Waals surface area contributed by atoms with Crippen LogP contribution in [0.5, 0.6) is 5.75 Å². The molecule has 1 aromatic carbocycles. The van der Waals surface area contributed by atoms with E-state index in [1.54, 1.807) is 0 Å². The topological polar surface area (TPSA) is 74.8 Å². The van der Waals surface area contributed by atoms with E-state index in [1.807, 2.05) is 58.9 Å². The first-order valence-electron chi connectivity index (χ1n) is 8.96. The van der Waals surface area contributed by atoms with Gasteiger partial charge in [-0.25, -0.2) is 4.99 Å². The van der Waals surface area contributed by atoms with Gasteiger partial charge in [-0.15, -0.1) is 0 Å². The zero-order chi connectivity index (χ0) is 18.7. The molecule has 0 spiro atoms. The zero-order valence-electron chi connectivity index (χ0n) is 16.1. The van der Waals surface area contributed by atoms with Crippen molar-refractivity contribution in [3.8, 4) is 5.75 Å². The first kappa shape index (κ1) is 20.8. The maximum atomic E-state index is 11.5. The van der Waals surface area contributed by atoms with Crippen molar-refractivity contribution in [2.24, 2.45) is 10.9 Å². The SMILES string of the molecule is CCNC(=NCC(C)Oc1ccccc1C)NCCNC(=O)C(C)C. The van der Waals surface area contributed by atoms with E-state index in [0.717, 1.165) is 23.8 Å². The van der Waals surface area contributed by atoms with Crippen LogP contribution in [0.1, 0.15) is 33.3 Å². The molecule has 1 aromatic rings. The highest BCUT2D eigenvalue weighted by Gasteiger charge is 2.07. The minimum atomic E-state index is -0.0304. The van der Waals surface area contributed by atoms with Crippen LogP contribution in [-0.2, 0) is 4.79 Å². The summed E-state index contributed by atoms with van der Waals surface area (Å²) in [6.07, 6.45) is -0.0304. The van der Waals surface area contributed by atoms with Crippen molar-refractivity contribution in [2.75, 3.05) is 26.2 Å². The molecule has 0 aliphatic carbocycles. The molecule has 0 aliphatic rings. The number of ether oxygens (including phenoxy) is 1. The maximum absolute atomic E-state index is 11.5. The molecule has 0 heterocycles. The molecule has 0 bridgehead atoms. The number of carbonyl (C=O) groups is 1. The average molecular weight is 348 g/mol. The van der Waals surface area contributed by atoms with Gasteiger partial charge in [0.1, 0.15) is 11.9 Å². The summed E-state index contributed by atoms with van der Waals surface area (Å²) in [5, 5.41) is 9.28. The highest BCUT2D eigenvalue weighted by molar-refractivity contribution is 5.80. The number of carbonyl (C=O) groups excluding carboxylic acids is 1. The molecule has 6 nitrogen and oxygen atoms in total. The van der Waals surface area contributed by atoms with Gasteiger partial charge in [0.2, 0.25) is 5.91 Å². The lowest BCUT2D eigenvalue weighted by atomic mass is 10.2. The number of benzene rings is 1. The number of rotatable bonds is 9. The Morgan fingerprint density at radius 3 is 2.44 bits per heavy atom. The van der Waals surface area contributed by atoms with Crippen LogP contribution in [0.2, 0.25) is 0 Å². The Morgan fingerprint density at radius 2 is 1.80 bits per heavy atom. The first-order valence-corrected chi connectivity index (χ1v) is 8.96. The minimum Gasteiger partial charge on any atom is -0.489 e. The monoisotopic (exact) mass is 348 g/mol. The van der Waals surface area contributed by atoms with Gasteiger partial charge in [0, 0.05) is 25.6 Å². The first-order chi connectivity index (χ1) is 11.9. The standard InChI is InChI=1S/C19H32N4O2/c1-6-20-19(22-12-11-21-18(24)14(2)3)23-13-16(5)25-17-10-8-7-9-15(17)4/h7-10,14,16H,6,11-13H2,1-5H3,(H,21,24)(H2,20,22,23). The van der Waals surface area contributed by atoms with Crippen LogP contribution in [-0.4, -0.2) is 44.1 Å². The summed E-state index contributed by atoms with van der Waals surface area (Å²) in [6, 6.07) is 7.96. The van der Waals surface area contributed by atoms with Crippen LogP contribution in [0.25, 0.3) is 0 Å². The van der Waals surface area contributed by atoms with E-state index >= 15 is 0 Å². The quantitative estimate of drug-likeness (QED) is 0.363. The largest absolute Gasteiger partial charge is 0.489 e. The van der Waals surface area contributed by atoms with E-state index in [9.17, 15) is 4.79 Å². The Bertz CT molecular complexity index is 558. The van der Waals surface area contributed by atoms with E-state index in [-0.39, 0.29) is 17.9 Å². The lowest BCUT2D eigenvalue weighted by Crippen LogP contribution is -2.42. The highest BCUT2D eigenvalue weighted by Crippen LogP contribution is 2.17. The Morgan fingerprint density at radius 1 is 1.12 bits per heavy atom. The second-order valence-corrected chi connectivity index (χ2v) is 6.29. The number of aryl methyl sites for hydroxylation is 1. The van der Waals surface area contributed by atoms with Crippen LogP contribution in [0.3, 0.4) is 0 Å². The number of hydrogen-bond acceptors (Lipinski definition) is 3. The number of guanidine groups is 1. The number of amides is 1. The van der Waals surface area contributed by atoms with Crippen LogP contribution in [0, 0.1) is 12.8 Å². The summed E-state index contributed by atoms with van der Waals surface area (Å²) in [7, 11) is 0. The van der Waals surface area contributed by atoms with Crippen molar-refractivity contribution in [3.63, 3.8) is 0 Å². The molecule has 0 aromatic heterocycles. The molecule has 0 aliphatic heterocycles. The van der Waals surface area contributed by atoms with Crippen LogP contribution >= 0.6 is 0 Å². The molecule has 1 rings (SSSR count). The van der Waals surface area contributed by atoms with E-state index in [1.165, 1.54) is 0 Å². The summed E-state index contributed by atoms with van der Waals surface area (Å²) in [6.45, 7) is 12.3. The summed E-state index contributed by atoms with van der Waals surface area (Å²) in [5.41, 5.74) is 1.12. The van der Waals surface area contributed by atoms with Gasteiger partial charge in [0.05, 0.1) is 6.54 Å². The molecule has 6 heteroatoms. The van der Waals surface area contributed by atoms with Gasteiger partial charge in [0.15, 0.2) is 5.96 Å². The Hall–Kier alpha value is -2.24. The lowest BCUT2D eigenvalue weighted by molar-refractivity contribution is -0.123. The third kappa shape index (κ3) is 8.42. The number of para-hydroxylation sites is 1. The second-order valence-electron chi connectivity index (χ2n) is 6.29. The van der Waals surface area contributed by atoms with Crippen molar-refractivity contribution in [1.29, 1.82) is 0 Å². The molecule has 1 unspecified atom stereocenters. The molecular formula is C19H32N4O2. The highest BCUT2D eigenvalue weighted by atomic mass is 16.5. The molecule has 0 saturated heterocycles. The Labute approximate surface area is 151 Å². The fourth-order valence-corrected chi connectivity index (χ4v) is 2.07. The summed E-state index contributed by atoms with van der Waals surface area (Å²) in [5.74, 6) is 1.67. The van der Waals surface area contributed by atoms with Crippen molar-refractivity contribution in [1.82, 2.24) is 16.0 Å². The zero-order valence-corrected chi connectivity index (χ0v) is 16.1. The van der Waals surface area contributed by atoms with Gasteiger partial charge in [-0.1, -0.05) is 32.0 Å². The van der Waals surface area contributed by atoms with E-state index in [2.05, 4.69) is 20.9 Å². The number of nitrogens with zero attached hydrogens (tertiary/aromatic N) is 1. The van der Waals surface area contributed by atoms with Crippen molar-refractivity contribution >= 4 is 11.9 Å². The van der Waals surface area contributed by atoms with Gasteiger partial charge in [-0.3, -0.25) is 4.79 Å². The van der Waals surface area contributed by atoms with Crippen LogP contribution < -0.4 is 20.7 Å². The normalized spacial score (nSPS) is 12.6. The Balaban J connectivity index is 2.43. The van der Waals surface area contributed by atoms with Gasteiger partial charge in [-0.05, 0) is 32.4 Å². The van der Waals surface area contributed by atoms with Gasteiger partial charge in [-0.2, -0.15) is 0 Å². The molecule has 0 fully saturated rings.